The number of anilines is 4. The van der Waals surface area contributed by atoms with Crippen LogP contribution in [0.5, 0.6) is 0 Å². The van der Waals surface area contributed by atoms with Crippen molar-refractivity contribution in [3.05, 3.63) is 41.9 Å². The molecule has 5 heterocycles. The summed E-state index contributed by atoms with van der Waals surface area (Å²) in [6.07, 6.45) is 5.93. The maximum absolute atomic E-state index is 13.3. The van der Waals surface area contributed by atoms with Crippen LogP contribution in [0.25, 0.3) is 5.65 Å². The molecule has 1 saturated carbocycles. The predicted octanol–water partition coefficient (Wildman–Crippen LogP) is 3.84. The molecule has 6 rings (SSSR count). The first-order valence-corrected chi connectivity index (χ1v) is 12.0. The summed E-state index contributed by atoms with van der Waals surface area (Å²) < 4.78 is 6.15. The van der Waals surface area contributed by atoms with Gasteiger partial charge in [-0.2, -0.15) is 19.4 Å². The van der Waals surface area contributed by atoms with E-state index in [9.17, 15) is 4.79 Å². The van der Waals surface area contributed by atoms with Crippen LogP contribution in [0.2, 0.25) is 0 Å². The Kier molecular flexibility index (Phi) is 4.61. The van der Waals surface area contributed by atoms with Gasteiger partial charge in [0, 0.05) is 30.4 Å². The Hall–Kier alpha value is -3.47. The molecule has 1 amide bonds. The minimum atomic E-state index is -0.758. The van der Waals surface area contributed by atoms with Crippen LogP contribution in [0.1, 0.15) is 49.9 Å². The van der Waals surface area contributed by atoms with E-state index in [1.54, 1.807) is 0 Å². The van der Waals surface area contributed by atoms with E-state index in [1.807, 2.05) is 53.6 Å². The van der Waals surface area contributed by atoms with E-state index in [1.165, 1.54) is 24.4 Å². The van der Waals surface area contributed by atoms with Crippen LogP contribution >= 0.6 is 11.5 Å². The van der Waals surface area contributed by atoms with Crippen molar-refractivity contribution in [2.75, 3.05) is 22.1 Å². The summed E-state index contributed by atoms with van der Waals surface area (Å²) >= 11 is 1.29. The highest BCUT2D eigenvalue weighted by Gasteiger charge is 2.45. The molecule has 1 aliphatic heterocycles. The van der Waals surface area contributed by atoms with Gasteiger partial charge in [-0.05, 0) is 69.3 Å². The zero-order valence-corrected chi connectivity index (χ0v) is 19.3. The van der Waals surface area contributed by atoms with Crippen molar-refractivity contribution < 1.29 is 4.79 Å². The molecule has 4 aromatic heterocycles. The Labute approximate surface area is 194 Å². The maximum atomic E-state index is 13.3. The molecule has 1 aliphatic carbocycles. The van der Waals surface area contributed by atoms with Gasteiger partial charge in [0.2, 0.25) is 11.9 Å². The average Bonchev–Trinajstić information content (AvgIpc) is 3.17. The summed E-state index contributed by atoms with van der Waals surface area (Å²) in [5.41, 5.74) is 2.04. The van der Waals surface area contributed by atoms with Crippen molar-refractivity contribution in [2.45, 2.75) is 51.0 Å². The number of aromatic amines is 1. The minimum Gasteiger partial charge on any atom is -0.326 e. The topological polar surface area (TPSA) is 116 Å². The van der Waals surface area contributed by atoms with Crippen LogP contribution < -0.4 is 15.5 Å². The molecule has 170 valence electrons. The molecular weight excluding hydrogens is 438 g/mol. The van der Waals surface area contributed by atoms with Gasteiger partial charge in [-0.3, -0.25) is 14.3 Å². The normalized spacial score (nSPS) is 20.5. The summed E-state index contributed by atoms with van der Waals surface area (Å²) in [6.45, 7) is 4.58. The smallest absolute Gasteiger partial charge is 0.250 e. The fraction of sp³-hybridized carbons (Fsp3) is 0.409. The van der Waals surface area contributed by atoms with Crippen molar-refractivity contribution in [3.63, 3.8) is 0 Å². The van der Waals surface area contributed by atoms with Gasteiger partial charge in [-0.15, -0.1) is 0 Å². The zero-order chi connectivity index (χ0) is 22.6. The first-order valence-electron chi connectivity index (χ1n) is 11.2. The van der Waals surface area contributed by atoms with E-state index >= 15 is 0 Å². The van der Waals surface area contributed by atoms with E-state index in [2.05, 4.69) is 25.2 Å². The number of hydrogen-bond acceptors (Lipinski definition) is 8. The van der Waals surface area contributed by atoms with Gasteiger partial charge in [-0.1, -0.05) is 0 Å². The van der Waals surface area contributed by atoms with E-state index in [-0.39, 0.29) is 5.91 Å². The van der Waals surface area contributed by atoms with E-state index < -0.39 is 5.54 Å². The van der Waals surface area contributed by atoms with Gasteiger partial charge in [0.05, 0.1) is 5.69 Å². The number of nitrogens with zero attached hydrogens (tertiary/aromatic N) is 6. The molecule has 0 radical (unpaired) electrons. The van der Waals surface area contributed by atoms with Crippen LogP contribution in [0.4, 0.5) is 22.7 Å². The number of aryl methyl sites for hydroxylation is 1. The van der Waals surface area contributed by atoms with Crippen molar-refractivity contribution >= 4 is 45.8 Å². The number of rotatable bonds is 6. The molecule has 3 N–H and O–H groups in total. The maximum Gasteiger partial charge on any atom is 0.250 e. The third-order valence-corrected chi connectivity index (χ3v) is 7.26. The molecule has 11 heteroatoms. The standard InChI is InChI=1S/C22H25N9OS/c1-13-11-18(33-29-13)25-19(32)22(2)8-4-10-31(22)21-24-17-5-3-9-30(17)20(26-21)23-16-12-15(27-28-16)14-6-7-14/h3,5,9,11-12,14H,4,6-8,10H2,1-2H3,(H,25,32)(H2,23,24,26,27,28). The van der Waals surface area contributed by atoms with Crippen LogP contribution in [0.3, 0.4) is 0 Å². The lowest BCUT2D eigenvalue weighted by molar-refractivity contribution is -0.120. The second kappa shape index (κ2) is 7.55. The largest absolute Gasteiger partial charge is 0.326 e. The van der Waals surface area contributed by atoms with Gasteiger partial charge >= 0.3 is 0 Å². The van der Waals surface area contributed by atoms with Gasteiger partial charge in [-0.25, -0.2) is 0 Å². The molecule has 2 aliphatic rings. The minimum absolute atomic E-state index is 0.0709. The van der Waals surface area contributed by atoms with E-state index in [0.717, 1.165) is 40.7 Å². The zero-order valence-electron chi connectivity index (χ0n) is 18.5. The molecule has 1 saturated heterocycles. The van der Waals surface area contributed by atoms with Gasteiger partial charge in [0.25, 0.3) is 5.91 Å². The first-order chi connectivity index (χ1) is 16.0. The molecule has 0 spiro atoms. The molecular formula is C22H25N9OS. The summed E-state index contributed by atoms with van der Waals surface area (Å²) in [5, 5.41) is 14.6. The molecule has 0 bridgehead atoms. The number of amides is 1. The fourth-order valence-electron chi connectivity index (χ4n) is 4.43. The number of carbonyl (C=O) groups is 1. The lowest BCUT2D eigenvalue weighted by Crippen LogP contribution is -2.51. The monoisotopic (exact) mass is 463 g/mol. The lowest BCUT2D eigenvalue weighted by Gasteiger charge is -2.33. The Bertz CT molecular complexity index is 1340. The number of carbonyl (C=O) groups excluding carboxylic acids is 1. The Balaban J connectivity index is 1.32. The Morgan fingerprint density at radius 2 is 2.18 bits per heavy atom. The molecule has 10 nitrogen and oxygen atoms in total. The van der Waals surface area contributed by atoms with Gasteiger partial charge in [0.1, 0.15) is 16.2 Å². The third-order valence-electron chi connectivity index (χ3n) is 6.47. The Morgan fingerprint density at radius 3 is 2.97 bits per heavy atom. The highest BCUT2D eigenvalue weighted by Crippen LogP contribution is 2.40. The van der Waals surface area contributed by atoms with Crippen LogP contribution in [-0.4, -0.2) is 46.9 Å². The quantitative estimate of drug-likeness (QED) is 0.398. The van der Waals surface area contributed by atoms with Crippen LogP contribution in [-0.2, 0) is 4.79 Å². The summed E-state index contributed by atoms with van der Waals surface area (Å²) in [6, 6.07) is 7.79. The summed E-state index contributed by atoms with van der Waals surface area (Å²) in [5.74, 6) is 2.38. The van der Waals surface area contributed by atoms with E-state index in [0.29, 0.717) is 24.4 Å². The highest BCUT2D eigenvalue weighted by atomic mass is 32.1. The SMILES string of the molecule is Cc1cc(NC(=O)C2(C)CCCN2c2nc(Nc3cc(C4CC4)[nH]n3)n3cccc3n2)sn1. The van der Waals surface area contributed by atoms with E-state index in [4.69, 9.17) is 9.97 Å². The van der Waals surface area contributed by atoms with Crippen molar-refractivity contribution in [1.82, 2.24) is 28.9 Å². The number of nitrogens with one attached hydrogen (secondary N) is 3. The summed E-state index contributed by atoms with van der Waals surface area (Å²) in [4.78, 5) is 24.9. The number of aromatic nitrogens is 6. The Morgan fingerprint density at radius 1 is 1.30 bits per heavy atom. The predicted molar refractivity (Wildman–Crippen MR) is 127 cm³/mol. The van der Waals surface area contributed by atoms with Gasteiger partial charge < -0.3 is 15.5 Å². The molecule has 2 fully saturated rings. The molecule has 1 unspecified atom stereocenters. The third kappa shape index (κ3) is 3.62. The summed E-state index contributed by atoms with van der Waals surface area (Å²) in [7, 11) is 0. The molecule has 0 aromatic carbocycles. The van der Waals surface area contributed by atoms with Crippen LogP contribution in [0, 0.1) is 6.92 Å². The second-order valence-electron chi connectivity index (χ2n) is 9.01. The fourth-order valence-corrected chi connectivity index (χ4v) is 5.09. The first kappa shape index (κ1) is 20.2. The highest BCUT2D eigenvalue weighted by molar-refractivity contribution is 7.10. The number of H-pyrrole nitrogens is 1. The van der Waals surface area contributed by atoms with Gasteiger partial charge in [0.15, 0.2) is 5.82 Å². The molecule has 33 heavy (non-hydrogen) atoms. The van der Waals surface area contributed by atoms with Crippen LogP contribution in [0.15, 0.2) is 30.5 Å². The van der Waals surface area contributed by atoms with Crippen molar-refractivity contribution in [2.24, 2.45) is 0 Å². The number of fused-ring (bicyclic) bond motifs is 1. The average molecular weight is 464 g/mol. The molecule has 4 aromatic rings. The van der Waals surface area contributed by atoms with Crippen molar-refractivity contribution in [3.8, 4) is 0 Å². The second-order valence-corrected chi connectivity index (χ2v) is 9.81. The van der Waals surface area contributed by atoms with Crippen molar-refractivity contribution in [1.29, 1.82) is 0 Å². The number of hydrogen-bond donors (Lipinski definition) is 3. The lowest BCUT2D eigenvalue weighted by atomic mass is 9.98. The molecule has 1 atom stereocenters.